The van der Waals surface area contributed by atoms with Crippen molar-refractivity contribution in [2.24, 2.45) is 5.84 Å². The summed E-state index contributed by atoms with van der Waals surface area (Å²) in [5.41, 5.74) is 2.85. The second-order valence-electron chi connectivity index (χ2n) is 3.64. The maximum absolute atomic E-state index is 12.6. The van der Waals surface area contributed by atoms with Crippen LogP contribution >= 0.6 is 0 Å². The monoisotopic (exact) mass is 232 g/mol. The summed E-state index contributed by atoms with van der Waals surface area (Å²) in [5.74, 6) is 4.94. The minimum Gasteiger partial charge on any atom is -0.271 e. The number of nitrogens with two attached hydrogens (primary N) is 1. The molecule has 1 aromatic rings. The lowest BCUT2D eigenvalue weighted by Gasteiger charge is -2.20. The molecule has 1 rings (SSSR count). The molecule has 0 aliphatic rings. The van der Waals surface area contributed by atoms with E-state index in [-0.39, 0.29) is 5.56 Å². The Kier molecular flexibility index (Phi) is 4.32. The number of alkyl halides is 3. The van der Waals surface area contributed by atoms with Crippen LogP contribution in [0.3, 0.4) is 0 Å². The largest absolute Gasteiger partial charge is 0.409 e. The van der Waals surface area contributed by atoms with Crippen molar-refractivity contribution in [1.82, 2.24) is 5.43 Å². The second kappa shape index (κ2) is 5.32. The van der Waals surface area contributed by atoms with Gasteiger partial charge in [-0.25, -0.2) is 5.43 Å². The number of benzene rings is 1. The Morgan fingerprint density at radius 2 is 2.06 bits per heavy atom. The van der Waals surface area contributed by atoms with Gasteiger partial charge in [0, 0.05) is 0 Å². The molecule has 5 heteroatoms. The van der Waals surface area contributed by atoms with E-state index in [9.17, 15) is 13.2 Å². The predicted octanol–water partition coefficient (Wildman–Crippen LogP) is 2.71. The number of hydrazine groups is 1. The van der Waals surface area contributed by atoms with Crippen LogP contribution in [0.25, 0.3) is 0 Å². The van der Waals surface area contributed by atoms with E-state index < -0.39 is 12.2 Å². The van der Waals surface area contributed by atoms with Gasteiger partial charge in [-0.05, 0) is 17.5 Å². The van der Waals surface area contributed by atoms with Crippen molar-refractivity contribution < 1.29 is 13.2 Å². The minimum absolute atomic E-state index is 0.154. The summed E-state index contributed by atoms with van der Waals surface area (Å²) < 4.78 is 37.7. The number of rotatable bonds is 4. The van der Waals surface area contributed by atoms with Gasteiger partial charge in [-0.2, -0.15) is 13.2 Å². The summed E-state index contributed by atoms with van der Waals surface area (Å²) in [5, 5.41) is 0. The maximum atomic E-state index is 12.6. The summed E-state index contributed by atoms with van der Waals surface area (Å²) in [7, 11) is 0. The Bertz CT molecular complexity index is 336. The molecule has 0 aliphatic carbocycles. The molecule has 0 saturated heterocycles. The fourth-order valence-corrected chi connectivity index (χ4v) is 1.60. The third-order valence-electron chi connectivity index (χ3n) is 2.32. The average Bonchev–Trinajstić information content (AvgIpc) is 2.17. The van der Waals surface area contributed by atoms with Crippen LogP contribution in [0.4, 0.5) is 13.2 Å². The third kappa shape index (κ3) is 3.21. The third-order valence-corrected chi connectivity index (χ3v) is 2.32. The van der Waals surface area contributed by atoms with Gasteiger partial charge in [-0.3, -0.25) is 5.84 Å². The van der Waals surface area contributed by atoms with Gasteiger partial charge >= 0.3 is 6.18 Å². The topological polar surface area (TPSA) is 38.0 Å². The molecule has 1 unspecified atom stereocenters. The highest BCUT2D eigenvalue weighted by atomic mass is 19.4. The fraction of sp³-hybridized carbons (Fsp3) is 0.455. The fourth-order valence-electron chi connectivity index (χ4n) is 1.60. The van der Waals surface area contributed by atoms with Crippen molar-refractivity contribution in [3.8, 4) is 0 Å². The Morgan fingerprint density at radius 1 is 1.38 bits per heavy atom. The van der Waals surface area contributed by atoms with Crippen LogP contribution in [0.15, 0.2) is 24.3 Å². The van der Waals surface area contributed by atoms with Crippen LogP contribution in [0, 0.1) is 0 Å². The molecule has 0 spiro atoms. The quantitative estimate of drug-likeness (QED) is 0.618. The molecular weight excluding hydrogens is 217 g/mol. The van der Waals surface area contributed by atoms with Gasteiger partial charge in [0.1, 0.15) is 6.04 Å². The molecule has 0 bridgehead atoms. The molecule has 0 fully saturated rings. The van der Waals surface area contributed by atoms with E-state index in [1.807, 2.05) is 13.0 Å². The Labute approximate surface area is 92.6 Å². The Hall–Kier alpha value is -1.07. The first-order valence-corrected chi connectivity index (χ1v) is 5.10. The van der Waals surface area contributed by atoms with E-state index in [1.165, 1.54) is 6.07 Å². The standard InChI is InChI=1S/C11H15F3N2/c1-2-4-8-5-3-6-9(7-8)10(16-15)11(12,13)14/h3,5-7,10,16H,2,4,15H2,1H3. The summed E-state index contributed by atoms with van der Waals surface area (Å²) in [4.78, 5) is 0. The minimum atomic E-state index is -4.38. The normalized spacial score (nSPS) is 13.8. The molecule has 0 saturated carbocycles. The summed E-state index contributed by atoms with van der Waals surface area (Å²) >= 11 is 0. The molecule has 1 aromatic carbocycles. The van der Waals surface area contributed by atoms with Gasteiger partial charge in [-0.1, -0.05) is 37.6 Å². The Morgan fingerprint density at radius 3 is 2.56 bits per heavy atom. The van der Waals surface area contributed by atoms with Crippen LogP contribution in [0.2, 0.25) is 0 Å². The lowest BCUT2D eigenvalue weighted by Crippen LogP contribution is -2.38. The molecule has 0 aromatic heterocycles. The highest BCUT2D eigenvalue weighted by molar-refractivity contribution is 5.27. The Balaban J connectivity index is 2.97. The molecule has 16 heavy (non-hydrogen) atoms. The number of nitrogens with one attached hydrogen (secondary N) is 1. The van der Waals surface area contributed by atoms with Crippen LogP contribution < -0.4 is 11.3 Å². The van der Waals surface area contributed by atoms with Crippen LogP contribution in [0.5, 0.6) is 0 Å². The van der Waals surface area contributed by atoms with Gasteiger partial charge in [-0.15, -0.1) is 0 Å². The number of aryl methyl sites for hydroxylation is 1. The van der Waals surface area contributed by atoms with Crippen molar-refractivity contribution >= 4 is 0 Å². The summed E-state index contributed by atoms with van der Waals surface area (Å²) in [6.45, 7) is 1.98. The van der Waals surface area contributed by atoms with Gasteiger partial charge in [0.25, 0.3) is 0 Å². The number of hydrogen-bond acceptors (Lipinski definition) is 2. The lowest BCUT2D eigenvalue weighted by atomic mass is 10.0. The van der Waals surface area contributed by atoms with Crippen molar-refractivity contribution in [2.45, 2.75) is 32.0 Å². The van der Waals surface area contributed by atoms with Gasteiger partial charge in [0.05, 0.1) is 0 Å². The van der Waals surface area contributed by atoms with Gasteiger partial charge in [0.2, 0.25) is 0 Å². The molecule has 0 radical (unpaired) electrons. The molecule has 0 heterocycles. The number of hydrogen-bond donors (Lipinski definition) is 2. The number of halogens is 3. The lowest BCUT2D eigenvalue weighted by molar-refractivity contribution is -0.157. The molecule has 0 aliphatic heterocycles. The highest BCUT2D eigenvalue weighted by Crippen LogP contribution is 2.32. The molecule has 0 amide bonds. The molecule has 1 atom stereocenters. The van der Waals surface area contributed by atoms with Crippen molar-refractivity contribution in [3.05, 3.63) is 35.4 Å². The van der Waals surface area contributed by atoms with E-state index in [1.54, 1.807) is 17.6 Å². The van der Waals surface area contributed by atoms with Crippen molar-refractivity contribution in [2.75, 3.05) is 0 Å². The van der Waals surface area contributed by atoms with E-state index >= 15 is 0 Å². The zero-order valence-corrected chi connectivity index (χ0v) is 9.01. The van der Waals surface area contributed by atoms with Gasteiger partial charge in [0.15, 0.2) is 0 Å². The van der Waals surface area contributed by atoms with E-state index in [0.29, 0.717) is 0 Å². The first-order valence-electron chi connectivity index (χ1n) is 5.10. The first-order chi connectivity index (χ1) is 7.49. The average molecular weight is 232 g/mol. The molecule has 2 nitrogen and oxygen atoms in total. The summed E-state index contributed by atoms with van der Waals surface area (Å²) in [6, 6.07) is 4.61. The van der Waals surface area contributed by atoms with E-state index in [4.69, 9.17) is 5.84 Å². The second-order valence-corrected chi connectivity index (χ2v) is 3.64. The van der Waals surface area contributed by atoms with E-state index in [2.05, 4.69) is 0 Å². The molecule has 3 N–H and O–H groups in total. The van der Waals surface area contributed by atoms with Crippen molar-refractivity contribution in [3.63, 3.8) is 0 Å². The first kappa shape index (κ1) is 13.0. The highest BCUT2D eigenvalue weighted by Gasteiger charge is 2.40. The SMILES string of the molecule is CCCc1cccc(C(NN)C(F)(F)F)c1. The molecule has 90 valence electrons. The molecular formula is C11H15F3N2. The predicted molar refractivity (Wildman–Crippen MR) is 56.6 cm³/mol. The van der Waals surface area contributed by atoms with Gasteiger partial charge < -0.3 is 0 Å². The van der Waals surface area contributed by atoms with Crippen LogP contribution in [-0.4, -0.2) is 6.18 Å². The summed E-state index contributed by atoms with van der Waals surface area (Å²) in [6.07, 6.45) is -2.71. The smallest absolute Gasteiger partial charge is 0.271 e. The zero-order chi connectivity index (χ0) is 12.2. The zero-order valence-electron chi connectivity index (χ0n) is 9.01. The van der Waals surface area contributed by atoms with E-state index in [0.717, 1.165) is 18.4 Å². The van der Waals surface area contributed by atoms with Crippen LogP contribution in [0.1, 0.15) is 30.5 Å². The maximum Gasteiger partial charge on any atom is 0.409 e. The van der Waals surface area contributed by atoms with Crippen LogP contribution in [-0.2, 0) is 6.42 Å². The van der Waals surface area contributed by atoms with Crippen molar-refractivity contribution in [1.29, 1.82) is 0 Å².